The molecule has 1 aromatic carbocycles. The molecular weight excluding hydrogens is 250 g/mol. The Morgan fingerprint density at radius 2 is 2.21 bits per heavy atom. The molecule has 2 aromatic rings. The fraction of sp³-hybridized carbons (Fsp3) is 0.385. The highest BCUT2D eigenvalue weighted by Crippen LogP contribution is 2.23. The van der Waals surface area contributed by atoms with E-state index in [0.717, 1.165) is 0 Å². The monoisotopic (exact) mass is 265 g/mol. The molecule has 1 aromatic heterocycles. The second-order valence-electron chi connectivity index (χ2n) is 4.29. The Kier molecular flexibility index (Phi) is 3.71. The molecule has 6 nitrogen and oxygen atoms in total. The zero-order valence-corrected chi connectivity index (χ0v) is 10.5. The number of hydrogen-bond donors (Lipinski definition) is 2. The summed E-state index contributed by atoms with van der Waals surface area (Å²) in [4.78, 5) is 22.0. The van der Waals surface area contributed by atoms with E-state index in [2.05, 4.69) is 0 Å². The quantitative estimate of drug-likeness (QED) is 0.854. The first-order valence-electron chi connectivity index (χ1n) is 6.06. The van der Waals surface area contributed by atoms with Crippen molar-refractivity contribution in [3.63, 3.8) is 0 Å². The molecule has 0 fully saturated rings. The van der Waals surface area contributed by atoms with Gasteiger partial charge >= 0.3 is 11.7 Å². The SMILES string of the molecule is CCn1c(=O)oc2cc([C@@H](O)CCC(=O)O)ccc21. The third-order valence-corrected chi connectivity index (χ3v) is 3.02. The van der Waals surface area contributed by atoms with Gasteiger partial charge in [0.1, 0.15) is 0 Å². The molecule has 19 heavy (non-hydrogen) atoms. The summed E-state index contributed by atoms with van der Waals surface area (Å²) in [5, 5.41) is 18.5. The van der Waals surface area contributed by atoms with Crippen LogP contribution in [-0.2, 0) is 11.3 Å². The Hall–Kier alpha value is -2.08. The van der Waals surface area contributed by atoms with Gasteiger partial charge in [-0.2, -0.15) is 0 Å². The average molecular weight is 265 g/mol. The number of nitrogens with zero attached hydrogens (tertiary/aromatic N) is 1. The van der Waals surface area contributed by atoms with Crippen LogP contribution in [0.1, 0.15) is 31.4 Å². The van der Waals surface area contributed by atoms with Gasteiger partial charge in [0, 0.05) is 13.0 Å². The first kappa shape index (κ1) is 13.4. The molecule has 0 saturated heterocycles. The number of oxazole rings is 1. The van der Waals surface area contributed by atoms with Crippen molar-refractivity contribution in [1.29, 1.82) is 0 Å². The Morgan fingerprint density at radius 3 is 2.84 bits per heavy atom. The molecule has 0 bridgehead atoms. The zero-order chi connectivity index (χ0) is 14.0. The summed E-state index contributed by atoms with van der Waals surface area (Å²) < 4.78 is 6.58. The lowest BCUT2D eigenvalue weighted by molar-refractivity contribution is -0.137. The highest BCUT2D eigenvalue weighted by molar-refractivity contribution is 5.74. The van der Waals surface area contributed by atoms with E-state index >= 15 is 0 Å². The second kappa shape index (κ2) is 5.27. The van der Waals surface area contributed by atoms with E-state index in [1.54, 1.807) is 18.2 Å². The number of carbonyl (C=O) groups is 1. The summed E-state index contributed by atoms with van der Waals surface area (Å²) in [5.74, 6) is -1.39. The number of aliphatic carboxylic acids is 1. The Morgan fingerprint density at radius 1 is 1.47 bits per heavy atom. The summed E-state index contributed by atoms with van der Waals surface area (Å²) in [6.45, 7) is 2.35. The maximum absolute atomic E-state index is 11.5. The number of rotatable bonds is 5. The van der Waals surface area contributed by atoms with Crippen LogP contribution in [0.4, 0.5) is 0 Å². The van der Waals surface area contributed by atoms with Crippen molar-refractivity contribution >= 4 is 17.1 Å². The van der Waals surface area contributed by atoms with Gasteiger partial charge in [0.2, 0.25) is 0 Å². The number of aryl methyl sites for hydroxylation is 1. The van der Waals surface area contributed by atoms with Gasteiger partial charge in [0.15, 0.2) is 5.58 Å². The molecule has 0 spiro atoms. The number of hydrogen-bond acceptors (Lipinski definition) is 4. The molecule has 1 heterocycles. The van der Waals surface area contributed by atoms with Crippen molar-refractivity contribution in [3.8, 4) is 0 Å². The summed E-state index contributed by atoms with van der Waals surface area (Å²) in [7, 11) is 0. The fourth-order valence-corrected chi connectivity index (χ4v) is 2.02. The Balaban J connectivity index is 2.31. The first-order chi connectivity index (χ1) is 9.02. The van der Waals surface area contributed by atoms with Gasteiger partial charge in [-0.3, -0.25) is 9.36 Å². The number of aromatic nitrogens is 1. The van der Waals surface area contributed by atoms with Crippen molar-refractivity contribution in [2.24, 2.45) is 0 Å². The molecule has 2 rings (SSSR count). The topological polar surface area (TPSA) is 92.7 Å². The van der Waals surface area contributed by atoms with E-state index < -0.39 is 17.8 Å². The van der Waals surface area contributed by atoms with Crippen molar-refractivity contribution in [1.82, 2.24) is 4.57 Å². The molecule has 0 amide bonds. The summed E-state index contributed by atoms with van der Waals surface area (Å²) in [5.41, 5.74) is 1.62. The number of carboxylic acids is 1. The number of carboxylic acid groups (broad SMARTS) is 1. The van der Waals surface area contributed by atoms with Gasteiger partial charge in [0.25, 0.3) is 0 Å². The molecule has 0 aliphatic carbocycles. The minimum absolute atomic E-state index is 0.112. The smallest absolute Gasteiger partial charge is 0.419 e. The third-order valence-electron chi connectivity index (χ3n) is 3.02. The summed E-state index contributed by atoms with van der Waals surface area (Å²) >= 11 is 0. The molecule has 0 radical (unpaired) electrons. The van der Waals surface area contributed by atoms with E-state index in [1.807, 2.05) is 6.92 Å². The molecular formula is C13H15NO5. The molecule has 102 valence electrons. The second-order valence-corrected chi connectivity index (χ2v) is 4.29. The highest BCUT2D eigenvalue weighted by atomic mass is 16.4. The number of aliphatic hydroxyl groups is 1. The van der Waals surface area contributed by atoms with Gasteiger partial charge < -0.3 is 14.6 Å². The standard InChI is InChI=1S/C13H15NO5/c1-2-14-9-4-3-8(7-11(9)19-13(14)18)10(15)5-6-12(16)17/h3-4,7,10,15H,2,5-6H2,1H3,(H,16,17)/t10-/m0/s1. The molecule has 1 atom stereocenters. The maximum atomic E-state index is 11.5. The molecule has 0 aliphatic rings. The summed E-state index contributed by atoms with van der Waals surface area (Å²) in [6, 6.07) is 4.95. The first-order valence-corrected chi connectivity index (χ1v) is 6.06. The van der Waals surface area contributed by atoms with Crippen LogP contribution in [0.25, 0.3) is 11.1 Å². The largest absolute Gasteiger partial charge is 0.481 e. The maximum Gasteiger partial charge on any atom is 0.419 e. The van der Waals surface area contributed by atoms with Crippen molar-refractivity contribution in [2.75, 3.05) is 0 Å². The van der Waals surface area contributed by atoms with Crippen LogP contribution >= 0.6 is 0 Å². The van der Waals surface area contributed by atoms with E-state index in [9.17, 15) is 14.7 Å². The molecule has 6 heteroatoms. The predicted octanol–water partition coefficient (Wildman–Crippen LogP) is 1.51. The minimum Gasteiger partial charge on any atom is -0.481 e. The molecule has 2 N–H and O–H groups in total. The number of aliphatic hydroxyl groups excluding tert-OH is 1. The van der Waals surface area contributed by atoms with Crippen molar-refractivity contribution in [3.05, 3.63) is 34.3 Å². The average Bonchev–Trinajstić information content (AvgIpc) is 2.69. The Labute approximate surface area is 108 Å². The lowest BCUT2D eigenvalue weighted by Gasteiger charge is -2.09. The van der Waals surface area contributed by atoms with Crippen LogP contribution in [0.3, 0.4) is 0 Å². The fourth-order valence-electron chi connectivity index (χ4n) is 2.02. The molecule has 0 saturated carbocycles. The summed E-state index contributed by atoms with van der Waals surface area (Å²) in [6.07, 6.45) is -0.866. The zero-order valence-electron chi connectivity index (χ0n) is 10.5. The predicted molar refractivity (Wildman–Crippen MR) is 68.0 cm³/mol. The van der Waals surface area contributed by atoms with Gasteiger partial charge in [-0.25, -0.2) is 4.79 Å². The van der Waals surface area contributed by atoms with Crippen LogP contribution < -0.4 is 5.76 Å². The van der Waals surface area contributed by atoms with Gasteiger partial charge in [-0.05, 0) is 31.0 Å². The van der Waals surface area contributed by atoms with E-state index in [4.69, 9.17) is 9.52 Å². The van der Waals surface area contributed by atoms with Crippen LogP contribution in [0, 0.1) is 0 Å². The van der Waals surface area contributed by atoms with Gasteiger partial charge in [0.05, 0.1) is 11.6 Å². The van der Waals surface area contributed by atoms with Crippen molar-refractivity contribution < 1.29 is 19.4 Å². The van der Waals surface area contributed by atoms with Crippen LogP contribution in [-0.4, -0.2) is 20.7 Å². The molecule has 0 aliphatic heterocycles. The lowest BCUT2D eigenvalue weighted by atomic mass is 10.0. The highest BCUT2D eigenvalue weighted by Gasteiger charge is 2.13. The van der Waals surface area contributed by atoms with E-state index in [1.165, 1.54) is 4.57 Å². The lowest BCUT2D eigenvalue weighted by Crippen LogP contribution is -2.11. The number of fused-ring (bicyclic) bond motifs is 1. The van der Waals surface area contributed by atoms with E-state index in [0.29, 0.717) is 23.2 Å². The normalized spacial score (nSPS) is 12.7. The van der Waals surface area contributed by atoms with Crippen LogP contribution in [0.5, 0.6) is 0 Å². The van der Waals surface area contributed by atoms with Crippen molar-refractivity contribution in [2.45, 2.75) is 32.4 Å². The van der Waals surface area contributed by atoms with Gasteiger partial charge in [-0.1, -0.05) is 6.07 Å². The van der Waals surface area contributed by atoms with Crippen LogP contribution in [0.15, 0.2) is 27.4 Å². The van der Waals surface area contributed by atoms with E-state index in [-0.39, 0.29) is 12.8 Å². The third kappa shape index (κ3) is 2.68. The minimum atomic E-state index is -0.955. The van der Waals surface area contributed by atoms with Crippen LogP contribution in [0.2, 0.25) is 0 Å². The molecule has 0 unspecified atom stereocenters. The van der Waals surface area contributed by atoms with Gasteiger partial charge in [-0.15, -0.1) is 0 Å². The number of benzene rings is 1. The Bertz CT molecular complexity index is 655.